The molecule has 1 aliphatic rings. The highest BCUT2D eigenvalue weighted by Crippen LogP contribution is 2.25. The van der Waals surface area contributed by atoms with E-state index in [9.17, 15) is 13.2 Å². The normalized spacial score (nSPS) is 19.6. The van der Waals surface area contributed by atoms with Crippen LogP contribution in [-0.2, 0) is 19.6 Å². The van der Waals surface area contributed by atoms with E-state index in [1.807, 2.05) is 6.07 Å². The van der Waals surface area contributed by atoms with Crippen LogP contribution in [0.2, 0.25) is 0 Å². The molecule has 27 heavy (non-hydrogen) atoms. The zero-order chi connectivity index (χ0) is 19.4. The number of nitrogens with zero attached hydrogens (tertiary/aromatic N) is 1. The average molecular weight is 389 g/mol. The molecule has 0 aromatic heterocycles. The minimum absolute atomic E-state index is 0.0961. The average Bonchev–Trinajstić information content (AvgIpc) is 3.18. The van der Waals surface area contributed by atoms with Gasteiger partial charge in [-0.2, -0.15) is 0 Å². The first-order valence-electron chi connectivity index (χ1n) is 8.72. The molecule has 2 aromatic rings. The summed E-state index contributed by atoms with van der Waals surface area (Å²) >= 11 is 0. The molecule has 0 unspecified atom stereocenters. The lowest BCUT2D eigenvalue weighted by molar-refractivity contribution is -0.126. The van der Waals surface area contributed by atoms with Gasteiger partial charge < -0.3 is 15.8 Å². The molecule has 3 rings (SSSR count). The van der Waals surface area contributed by atoms with Crippen molar-refractivity contribution in [3.05, 3.63) is 54.6 Å². The Morgan fingerprint density at radius 3 is 2.59 bits per heavy atom. The molecule has 3 N–H and O–H groups in total. The van der Waals surface area contributed by atoms with E-state index in [-0.39, 0.29) is 16.9 Å². The summed E-state index contributed by atoms with van der Waals surface area (Å²) in [7, 11) is -2.25. The van der Waals surface area contributed by atoms with Crippen molar-refractivity contribution in [2.45, 2.75) is 29.9 Å². The summed E-state index contributed by atoms with van der Waals surface area (Å²) < 4.78 is 32.5. The number of ether oxygens (including phenoxy) is 1. The van der Waals surface area contributed by atoms with Crippen molar-refractivity contribution in [2.75, 3.05) is 23.2 Å². The molecule has 1 aliphatic heterocycles. The Labute approximate surface area is 159 Å². The van der Waals surface area contributed by atoms with Crippen molar-refractivity contribution in [1.29, 1.82) is 0 Å². The Morgan fingerprint density at radius 1 is 1.19 bits per heavy atom. The van der Waals surface area contributed by atoms with Crippen molar-refractivity contribution in [3.8, 4) is 0 Å². The highest BCUT2D eigenvalue weighted by Gasteiger charge is 2.30. The van der Waals surface area contributed by atoms with Crippen LogP contribution in [0.5, 0.6) is 0 Å². The lowest BCUT2D eigenvalue weighted by atomic mass is 10.2. The number of para-hydroxylation sites is 1. The summed E-state index contributed by atoms with van der Waals surface area (Å²) in [5.74, 6) is -0.295. The van der Waals surface area contributed by atoms with Gasteiger partial charge >= 0.3 is 0 Å². The van der Waals surface area contributed by atoms with E-state index < -0.39 is 16.1 Å². The van der Waals surface area contributed by atoms with E-state index in [1.54, 1.807) is 36.4 Å². The quantitative estimate of drug-likeness (QED) is 0.786. The second kappa shape index (κ2) is 8.08. The summed E-state index contributed by atoms with van der Waals surface area (Å²) in [6.45, 7) is 0.378. The van der Waals surface area contributed by atoms with Gasteiger partial charge in [0.15, 0.2) is 0 Å². The van der Waals surface area contributed by atoms with E-state index in [2.05, 4.69) is 5.32 Å². The van der Waals surface area contributed by atoms with E-state index >= 15 is 0 Å². The molecule has 1 heterocycles. The summed E-state index contributed by atoms with van der Waals surface area (Å²) in [5.41, 5.74) is 6.52. The van der Waals surface area contributed by atoms with Gasteiger partial charge in [-0.1, -0.05) is 24.3 Å². The van der Waals surface area contributed by atoms with Gasteiger partial charge in [-0.25, -0.2) is 8.42 Å². The highest BCUT2D eigenvalue weighted by atomic mass is 32.2. The third kappa shape index (κ3) is 4.29. The van der Waals surface area contributed by atoms with Gasteiger partial charge in [0, 0.05) is 19.3 Å². The van der Waals surface area contributed by atoms with Crippen molar-refractivity contribution in [3.63, 3.8) is 0 Å². The number of nitrogens with two attached hydrogens (primary N) is 1. The Morgan fingerprint density at radius 2 is 1.93 bits per heavy atom. The summed E-state index contributed by atoms with van der Waals surface area (Å²) in [4.78, 5) is 12.5. The van der Waals surface area contributed by atoms with Crippen LogP contribution in [0.3, 0.4) is 0 Å². The minimum atomic E-state index is -3.75. The van der Waals surface area contributed by atoms with Gasteiger partial charge in [0.25, 0.3) is 15.9 Å². The van der Waals surface area contributed by atoms with Crippen LogP contribution in [-0.4, -0.2) is 40.1 Å². The van der Waals surface area contributed by atoms with Crippen LogP contribution in [0.25, 0.3) is 0 Å². The number of nitrogens with one attached hydrogen (secondary N) is 1. The second-order valence-electron chi connectivity index (χ2n) is 6.38. The van der Waals surface area contributed by atoms with Crippen LogP contribution in [0.4, 0.5) is 11.4 Å². The Bertz CT molecular complexity index is 902. The number of amides is 1. The number of carbonyl (C=O) groups is 1. The van der Waals surface area contributed by atoms with Crippen molar-refractivity contribution >= 4 is 27.3 Å². The molecule has 8 heteroatoms. The van der Waals surface area contributed by atoms with Crippen LogP contribution in [0, 0.1) is 0 Å². The molecule has 7 nitrogen and oxygen atoms in total. The molecule has 0 bridgehead atoms. The Balaban J connectivity index is 1.76. The maximum atomic E-state index is 12.9. The summed E-state index contributed by atoms with van der Waals surface area (Å²) in [6, 6.07) is 15.0. The number of benzene rings is 2. The number of hydrogen-bond donors (Lipinski definition) is 2. The first-order chi connectivity index (χ1) is 12.9. The van der Waals surface area contributed by atoms with Crippen molar-refractivity contribution in [2.24, 2.45) is 5.73 Å². The van der Waals surface area contributed by atoms with E-state index in [4.69, 9.17) is 10.5 Å². The number of hydrogen-bond acceptors (Lipinski definition) is 5. The molecular formula is C19H23N3O4S. The number of sulfonamides is 1. The molecule has 2 aromatic carbocycles. The van der Waals surface area contributed by atoms with Crippen LogP contribution in [0.1, 0.15) is 12.8 Å². The molecule has 0 radical (unpaired) electrons. The van der Waals surface area contributed by atoms with Gasteiger partial charge in [0.05, 0.1) is 16.7 Å². The molecule has 0 saturated carbocycles. The molecule has 1 fully saturated rings. The predicted octanol–water partition coefficient (Wildman–Crippen LogP) is 1.96. The van der Waals surface area contributed by atoms with Gasteiger partial charge in [0.1, 0.15) is 6.10 Å². The zero-order valence-corrected chi connectivity index (χ0v) is 15.9. The Hall–Kier alpha value is -2.42. The van der Waals surface area contributed by atoms with Gasteiger partial charge in [-0.3, -0.25) is 9.10 Å². The lowest BCUT2D eigenvalue weighted by Crippen LogP contribution is -2.30. The zero-order valence-electron chi connectivity index (χ0n) is 15.0. The fourth-order valence-electron chi connectivity index (χ4n) is 2.96. The van der Waals surface area contributed by atoms with Gasteiger partial charge in [0.2, 0.25) is 0 Å². The number of carbonyl (C=O) groups excluding carboxylic acids is 1. The third-order valence-electron chi connectivity index (χ3n) is 4.54. The molecule has 144 valence electrons. The molecule has 0 aliphatic carbocycles. The summed E-state index contributed by atoms with van der Waals surface area (Å²) in [5, 5.41) is 2.73. The molecule has 0 spiro atoms. The number of rotatable bonds is 6. The maximum Gasteiger partial charge on any atom is 0.264 e. The van der Waals surface area contributed by atoms with E-state index in [0.29, 0.717) is 24.3 Å². The fraction of sp³-hybridized carbons (Fsp3) is 0.316. The molecule has 1 saturated heterocycles. The van der Waals surface area contributed by atoms with Crippen LogP contribution >= 0.6 is 0 Å². The topological polar surface area (TPSA) is 102 Å². The molecular weight excluding hydrogens is 366 g/mol. The Kier molecular flexibility index (Phi) is 5.79. The smallest absolute Gasteiger partial charge is 0.264 e. The van der Waals surface area contributed by atoms with Gasteiger partial charge in [-0.15, -0.1) is 0 Å². The molecule has 1 amide bonds. The van der Waals surface area contributed by atoms with Crippen molar-refractivity contribution in [1.82, 2.24) is 0 Å². The maximum absolute atomic E-state index is 12.9. The SMILES string of the molecule is CN(c1ccccc1)S(=O)(=O)c1cccc(NC(=O)[C@@H]2CC[C@H](CN)O2)c1. The van der Waals surface area contributed by atoms with Crippen LogP contribution < -0.4 is 15.4 Å². The number of anilines is 2. The second-order valence-corrected chi connectivity index (χ2v) is 8.35. The van der Waals surface area contributed by atoms with Gasteiger partial charge in [-0.05, 0) is 43.2 Å². The van der Waals surface area contributed by atoms with Crippen molar-refractivity contribution < 1.29 is 17.9 Å². The predicted molar refractivity (Wildman–Crippen MR) is 104 cm³/mol. The summed E-state index contributed by atoms with van der Waals surface area (Å²) in [6.07, 6.45) is 0.672. The minimum Gasteiger partial charge on any atom is -0.364 e. The fourth-order valence-corrected chi connectivity index (χ4v) is 4.21. The van der Waals surface area contributed by atoms with Crippen LogP contribution in [0.15, 0.2) is 59.5 Å². The highest BCUT2D eigenvalue weighted by molar-refractivity contribution is 7.92. The first kappa shape index (κ1) is 19.3. The largest absolute Gasteiger partial charge is 0.364 e. The monoisotopic (exact) mass is 389 g/mol. The van der Waals surface area contributed by atoms with E-state index in [1.165, 1.54) is 23.5 Å². The standard InChI is InChI=1S/C19H23N3O4S/c1-22(15-7-3-2-4-8-15)27(24,25)17-9-5-6-14(12-17)21-19(23)18-11-10-16(13-20)26-18/h2-9,12,16,18H,10-11,13,20H2,1H3,(H,21,23)/t16-,18+/m1/s1. The third-order valence-corrected chi connectivity index (χ3v) is 6.32. The first-order valence-corrected chi connectivity index (χ1v) is 10.2. The lowest BCUT2D eigenvalue weighted by Gasteiger charge is -2.20. The molecule has 2 atom stereocenters. The van der Waals surface area contributed by atoms with E-state index in [0.717, 1.165) is 6.42 Å².